The molecule has 0 bridgehead atoms. The number of aromatic nitrogens is 1. The molecule has 3 rings (SSSR count). The number of nitrogens with zero attached hydrogens (tertiary/aromatic N) is 2. The van der Waals surface area contributed by atoms with Gasteiger partial charge in [-0.1, -0.05) is 25.1 Å². The second-order valence-electron chi connectivity index (χ2n) is 9.69. The Labute approximate surface area is 217 Å². The monoisotopic (exact) mass is 530 g/mol. The van der Waals surface area contributed by atoms with E-state index in [2.05, 4.69) is 4.90 Å². The number of carbonyl (C=O) groups is 1. The molecule has 0 unspecified atom stereocenters. The van der Waals surface area contributed by atoms with Crippen LogP contribution in [-0.4, -0.2) is 62.0 Å². The number of ketones is 1. The summed E-state index contributed by atoms with van der Waals surface area (Å²) in [7, 11) is -0.0716. The van der Waals surface area contributed by atoms with Crippen molar-refractivity contribution in [1.29, 1.82) is 0 Å². The minimum atomic E-state index is -3.66. The minimum Gasteiger partial charge on any atom is -0.383 e. The van der Waals surface area contributed by atoms with Crippen LogP contribution in [0, 0.1) is 5.82 Å². The van der Waals surface area contributed by atoms with Crippen LogP contribution in [0.3, 0.4) is 0 Å². The van der Waals surface area contributed by atoms with E-state index in [-0.39, 0.29) is 36.5 Å². The zero-order valence-corrected chi connectivity index (χ0v) is 22.9. The number of ether oxygens (including phenoxy) is 1. The summed E-state index contributed by atoms with van der Waals surface area (Å²) in [6, 6.07) is 12.0. The average Bonchev–Trinajstić information content (AvgIpc) is 2.85. The number of methoxy groups -OCH3 is 1. The van der Waals surface area contributed by atoms with E-state index in [0.29, 0.717) is 35.1 Å². The average molecular weight is 531 g/mol. The summed E-state index contributed by atoms with van der Waals surface area (Å²) < 4.78 is 44.6. The summed E-state index contributed by atoms with van der Waals surface area (Å²) in [5.41, 5.74) is 1.65. The number of pyridine rings is 1. The molecule has 3 aromatic rings. The Bertz CT molecular complexity index is 1450. The number of sulfone groups is 1. The molecule has 0 spiro atoms. The summed E-state index contributed by atoms with van der Waals surface area (Å²) in [6.45, 7) is 5.07. The Morgan fingerprint density at radius 3 is 2.51 bits per heavy atom. The molecule has 0 saturated heterocycles. The third-order valence-electron chi connectivity index (χ3n) is 7.01. The molecule has 37 heavy (non-hydrogen) atoms. The SMILES string of the molecule is CCC(=O)[C@@](C)(CCn1ccc2cc(-c3ccc(CN(C)CCOC)cc3F)ccc2c1=O)S(C)(=O)=O. The lowest BCUT2D eigenvalue weighted by Gasteiger charge is -2.26. The van der Waals surface area contributed by atoms with Crippen LogP contribution in [-0.2, 0) is 32.5 Å². The van der Waals surface area contributed by atoms with E-state index >= 15 is 0 Å². The number of carbonyl (C=O) groups excluding carboxylic acids is 1. The first-order valence-corrected chi connectivity index (χ1v) is 14.1. The van der Waals surface area contributed by atoms with Crippen molar-refractivity contribution in [3.63, 3.8) is 0 Å². The normalized spacial score (nSPS) is 13.7. The van der Waals surface area contributed by atoms with Gasteiger partial charge < -0.3 is 9.30 Å². The predicted molar refractivity (Wildman–Crippen MR) is 145 cm³/mol. The summed E-state index contributed by atoms with van der Waals surface area (Å²) in [4.78, 5) is 27.6. The van der Waals surface area contributed by atoms with Crippen LogP contribution in [0.15, 0.2) is 53.5 Å². The van der Waals surface area contributed by atoms with Crippen molar-refractivity contribution in [2.45, 2.75) is 44.5 Å². The van der Waals surface area contributed by atoms with Gasteiger partial charge in [-0.3, -0.25) is 14.5 Å². The van der Waals surface area contributed by atoms with Gasteiger partial charge in [-0.25, -0.2) is 12.8 Å². The number of aryl methyl sites for hydroxylation is 1. The highest BCUT2D eigenvalue weighted by Crippen LogP contribution is 2.28. The first kappa shape index (κ1) is 28.7. The molecule has 0 amide bonds. The van der Waals surface area contributed by atoms with Crippen LogP contribution in [0.2, 0.25) is 0 Å². The number of hydrogen-bond acceptors (Lipinski definition) is 6. The van der Waals surface area contributed by atoms with Crippen LogP contribution >= 0.6 is 0 Å². The number of hydrogen-bond donors (Lipinski definition) is 0. The number of benzene rings is 2. The van der Waals surface area contributed by atoms with E-state index in [4.69, 9.17) is 4.74 Å². The lowest BCUT2D eigenvalue weighted by atomic mass is 9.99. The molecule has 9 heteroatoms. The van der Waals surface area contributed by atoms with Crippen LogP contribution in [0.4, 0.5) is 4.39 Å². The maximum absolute atomic E-state index is 15.0. The maximum atomic E-state index is 15.0. The van der Waals surface area contributed by atoms with Crippen LogP contribution in [0.25, 0.3) is 21.9 Å². The Balaban J connectivity index is 1.85. The number of rotatable bonds is 12. The van der Waals surface area contributed by atoms with Gasteiger partial charge in [0.15, 0.2) is 15.6 Å². The summed E-state index contributed by atoms with van der Waals surface area (Å²) >= 11 is 0. The van der Waals surface area contributed by atoms with Crippen LogP contribution < -0.4 is 5.56 Å². The molecule has 1 heterocycles. The van der Waals surface area contributed by atoms with Gasteiger partial charge in [-0.2, -0.15) is 0 Å². The molecule has 1 aromatic heterocycles. The Morgan fingerprint density at radius 1 is 1.16 bits per heavy atom. The Hall–Kier alpha value is -2.88. The second kappa shape index (κ2) is 11.7. The lowest BCUT2D eigenvalue weighted by molar-refractivity contribution is -0.121. The van der Waals surface area contributed by atoms with E-state index < -0.39 is 14.6 Å². The van der Waals surface area contributed by atoms with E-state index in [1.54, 1.807) is 50.6 Å². The molecule has 0 aliphatic heterocycles. The smallest absolute Gasteiger partial charge is 0.258 e. The summed E-state index contributed by atoms with van der Waals surface area (Å²) in [5, 5.41) is 1.09. The van der Waals surface area contributed by atoms with Gasteiger partial charge in [-0.05, 0) is 61.2 Å². The summed E-state index contributed by atoms with van der Waals surface area (Å²) in [5.74, 6) is -0.714. The molecule has 0 N–H and O–H groups in total. The topological polar surface area (TPSA) is 85.7 Å². The van der Waals surface area contributed by atoms with Crippen molar-refractivity contribution in [2.24, 2.45) is 0 Å². The molecule has 7 nitrogen and oxygen atoms in total. The first-order chi connectivity index (χ1) is 17.4. The molecular weight excluding hydrogens is 495 g/mol. The summed E-state index contributed by atoms with van der Waals surface area (Å²) in [6.07, 6.45) is 2.74. The van der Waals surface area contributed by atoms with Crippen molar-refractivity contribution < 1.29 is 22.3 Å². The number of Topliss-reactive ketones (excluding diaryl/α,β-unsaturated/α-hetero) is 1. The van der Waals surface area contributed by atoms with Gasteiger partial charge >= 0.3 is 0 Å². The molecular formula is C28H35FN2O5S. The fraction of sp³-hybridized carbons (Fsp3) is 0.429. The van der Waals surface area contributed by atoms with Gasteiger partial charge in [0, 0.05) is 56.6 Å². The number of fused-ring (bicyclic) bond motifs is 1. The lowest BCUT2D eigenvalue weighted by Crippen LogP contribution is -2.44. The standard InChI is InChI=1S/C28H35FN2O5S/c1-6-26(32)28(2,37(5,34)35)12-14-31-13-11-22-18-21(8-10-24(22)27(31)33)23-9-7-20(17-25(23)29)19-30(3)15-16-36-4/h7-11,13,17-18H,6,12,14-16,19H2,1-5H3/t28-/m1/s1. The third kappa shape index (κ3) is 6.34. The van der Waals surface area contributed by atoms with E-state index in [1.165, 1.54) is 17.6 Å². The zero-order valence-electron chi connectivity index (χ0n) is 22.1. The van der Waals surface area contributed by atoms with Gasteiger partial charge in [0.2, 0.25) is 0 Å². The van der Waals surface area contributed by atoms with Crippen LogP contribution in [0.1, 0.15) is 32.3 Å². The third-order valence-corrected chi connectivity index (χ3v) is 9.08. The largest absolute Gasteiger partial charge is 0.383 e. The van der Waals surface area contributed by atoms with Crippen molar-refractivity contribution in [1.82, 2.24) is 9.47 Å². The first-order valence-electron chi connectivity index (χ1n) is 12.2. The number of likely N-dealkylation sites (N-methyl/N-ethyl adjacent to an activating group) is 1. The van der Waals surface area contributed by atoms with Crippen LogP contribution in [0.5, 0.6) is 0 Å². The molecule has 0 radical (unpaired) electrons. The molecule has 0 aliphatic carbocycles. The molecule has 1 atom stereocenters. The molecule has 200 valence electrons. The highest BCUT2D eigenvalue weighted by molar-refractivity contribution is 7.92. The zero-order chi connectivity index (χ0) is 27.4. The molecule has 0 aliphatic rings. The van der Waals surface area contributed by atoms with Crippen molar-refractivity contribution in [3.05, 3.63) is 70.4 Å². The maximum Gasteiger partial charge on any atom is 0.258 e. The quantitative estimate of drug-likeness (QED) is 0.351. The van der Waals surface area contributed by atoms with Gasteiger partial charge in [0.05, 0.1) is 6.61 Å². The van der Waals surface area contributed by atoms with Crippen molar-refractivity contribution >= 4 is 26.4 Å². The van der Waals surface area contributed by atoms with Crippen molar-refractivity contribution in [2.75, 3.05) is 33.6 Å². The second-order valence-corrected chi connectivity index (χ2v) is 12.1. The molecule has 0 saturated carbocycles. The van der Waals surface area contributed by atoms with Crippen molar-refractivity contribution in [3.8, 4) is 11.1 Å². The minimum absolute atomic E-state index is 0.000219. The fourth-order valence-corrected chi connectivity index (χ4v) is 5.42. The van der Waals surface area contributed by atoms with E-state index in [1.807, 2.05) is 13.1 Å². The molecule has 2 aromatic carbocycles. The fourth-order valence-electron chi connectivity index (χ4n) is 4.40. The highest BCUT2D eigenvalue weighted by Gasteiger charge is 2.41. The van der Waals surface area contributed by atoms with Gasteiger partial charge in [0.25, 0.3) is 5.56 Å². The molecule has 0 fully saturated rings. The number of halogens is 1. The van der Waals surface area contributed by atoms with Gasteiger partial charge in [-0.15, -0.1) is 0 Å². The Kier molecular flexibility index (Phi) is 9.05. The van der Waals surface area contributed by atoms with Gasteiger partial charge in [0.1, 0.15) is 10.6 Å². The van der Waals surface area contributed by atoms with E-state index in [9.17, 15) is 22.4 Å². The van der Waals surface area contributed by atoms with E-state index in [0.717, 1.165) is 18.4 Å². The highest BCUT2D eigenvalue weighted by atomic mass is 32.2. The predicted octanol–water partition coefficient (Wildman–Crippen LogP) is 4.06. The Morgan fingerprint density at radius 2 is 1.89 bits per heavy atom.